The summed E-state index contributed by atoms with van der Waals surface area (Å²) >= 11 is 0. The number of aromatic nitrogens is 4. The van der Waals surface area contributed by atoms with Gasteiger partial charge in [0.15, 0.2) is 5.82 Å². The summed E-state index contributed by atoms with van der Waals surface area (Å²) in [5.41, 5.74) is 3.81. The van der Waals surface area contributed by atoms with Crippen molar-refractivity contribution in [1.29, 1.82) is 0 Å². The molecule has 25 heavy (non-hydrogen) atoms. The van der Waals surface area contributed by atoms with E-state index in [4.69, 9.17) is 0 Å². The first-order valence-corrected chi connectivity index (χ1v) is 7.88. The van der Waals surface area contributed by atoms with Crippen LogP contribution in [-0.4, -0.2) is 39.8 Å². The van der Waals surface area contributed by atoms with Crippen LogP contribution in [0, 0.1) is 13.8 Å². The van der Waals surface area contributed by atoms with Gasteiger partial charge in [0.25, 0.3) is 5.91 Å². The van der Waals surface area contributed by atoms with E-state index in [1.807, 2.05) is 51.0 Å². The zero-order valence-corrected chi connectivity index (χ0v) is 14.7. The van der Waals surface area contributed by atoms with Gasteiger partial charge in [-0.3, -0.25) is 9.78 Å². The maximum Gasteiger partial charge on any atom is 0.274 e. The molecule has 1 amide bonds. The lowest BCUT2D eigenvalue weighted by Gasteiger charge is -2.13. The van der Waals surface area contributed by atoms with E-state index in [2.05, 4.69) is 20.4 Å². The van der Waals surface area contributed by atoms with E-state index in [9.17, 15) is 4.79 Å². The third-order valence-corrected chi connectivity index (χ3v) is 3.72. The molecule has 3 aromatic rings. The van der Waals surface area contributed by atoms with Crippen molar-refractivity contribution in [2.45, 2.75) is 13.8 Å². The van der Waals surface area contributed by atoms with Gasteiger partial charge in [0.1, 0.15) is 5.69 Å². The number of hydrogen-bond donors (Lipinski definition) is 1. The Morgan fingerprint density at radius 2 is 1.92 bits per heavy atom. The number of aryl methyl sites for hydroxylation is 2. The SMILES string of the molecule is Cc1cc(C)n(-c2ccc(NC(=O)c3cc(N(C)C)ccn3)cn2)n1. The van der Waals surface area contributed by atoms with Gasteiger partial charge in [-0.15, -0.1) is 0 Å². The third kappa shape index (κ3) is 3.65. The lowest BCUT2D eigenvalue weighted by molar-refractivity contribution is 0.102. The largest absolute Gasteiger partial charge is 0.378 e. The fraction of sp³-hybridized carbons (Fsp3) is 0.222. The summed E-state index contributed by atoms with van der Waals surface area (Å²) < 4.78 is 1.77. The predicted molar refractivity (Wildman–Crippen MR) is 97.4 cm³/mol. The fourth-order valence-electron chi connectivity index (χ4n) is 2.46. The van der Waals surface area contributed by atoms with Crippen LogP contribution in [0.3, 0.4) is 0 Å². The molecule has 0 fully saturated rings. The summed E-state index contributed by atoms with van der Waals surface area (Å²) in [7, 11) is 3.83. The van der Waals surface area contributed by atoms with E-state index in [0.29, 0.717) is 17.2 Å². The zero-order chi connectivity index (χ0) is 18.0. The van der Waals surface area contributed by atoms with Crippen molar-refractivity contribution in [3.05, 3.63) is 59.8 Å². The summed E-state index contributed by atoms with van der Waals surface area (Å²) in [6.07, 6.45) is 3.23. The van der Waals surface area contributed by atoms with Crippen LogP contribution in [0.1, 0.15) is 21.9 Å². The van der Waals surface area contributed by atoms with Gasteiger partial charge in [-0.2, -0.15) is 5.10 Å². The molecular formula is C18H20N6O. The Hall–Kier alpha value is -3.22. The van der Waals surface area contributed by atoms with Crippen molar-refractivity contribution in [2.75, 3.05) is 24.3 Å². The molecule has 1 N–H and O–H groups in total. The third-order valence-electron chi connectivity index (χ3n) is 3.72. The van der Waals surface area contributed by atoms with Gasteiger partial charge in [-0.05, 0) is 44.2 Å². The molecule has 0 aromatic carbocycles. The molecule has 0 spiro atoms. The molecule has 0 saturated carbocycles. The first kappa shape index (κ1) is 16.6. The molecular weight excluding hydrogens is 316 g/mol. The predicted octanol–water partition coefficient (Wildman–Crippen LogP) is 2.60. The van der Waals surface area contributed by atoms with Gasteiger partial charge < -0.3 is 10.2 Å². The monoisotopic (exact) mass is 336 g/mol. The lowest BCUT2D eigenvalue weighted by atomic mass is 10.3. The summed E-state index contributed by atoms with van der Waals surface area (Å²) in [4.78, 5) is 22.8. The van der Waals surface area contributed by atoms with Crippen molar-refractivity contribution in [1.82, 2.24) is 19.7 Å². The highest BCUT2D eigenvalue weighted by atomic mass is 16.1. The molecule has 3 rings (SSSR count). The molecule has 0 unspecified atom stereocenters. The molecule has 0 aliphatic rings. The number of carbonyl (C=O) groups is 1. The van der Waals surface area contributed by atoms with E-state index in [1.165, 1.54) is 0 Å². The maximum absolute atomic E-state index is 12.4. The number of pyridine rings is 2. The van der Waals surface area contributed by atoms with E-state index in [-0.39, 0.29) is 5.91 Å². The molecule has 3 aromatic heterocycles. The van der Waals surface area contributed by atoms with Gasteiger partial charge in [-0.1, -0.05) is 0 Å². The number of nitrogens with one attached hydrogen (secondary N) is 1. The number of nitrogens with zero attached hydrogens (tertiary/aromatic N) is 5. The first-order chi connectivity index (χ1) is 11.9. The number of amides is 1. The average molecular weight is 336 g/mol. The Bertz CT molecular complexity index is 898. The molecule has 0 bridgehead atoms. The Morgan fingerprint density at radius 1 is 1.12 bits per heavy atom. The zero-order valence-electron chi connectivity index (χ0n) is 14.7. The molecule has 0 atom stereocenters. The smallest absolute Gasteiger partial charge is 0.274 e. The Balaban J connectivity index is 1.76. The maximum atomic E-state index is 12.4. The van der Waals surface area contributed by atoms with Crippen LogP contribution in [0.2, 0.25) is 0 Å². The van der Waals surface area contributed by atoms with Crippen LogP contribution in [0.25, 0.3) is 5.82 Å². The molecule has 0 radical (unpaired) electrons. The Morgan fingerprint density at radius 3 is 2.52 bits per heavy atom. The van der Waals surface area contributed by atoms with Crippen LogP contribution >= 0.6 is 0 Å². The number of rotatable bonds is 4. The summed E-state index contributed by atoms with van der Waals surface area (Å²) in [5, 5.41) is 7.21. The molecule has 3 heterocycles. The molecule has 0 aliphatic carbocycles. The minimum atomic E-state index is -0.274. The summed E-state index contributed by atoms with van der Waals surface area (Å²) in [6.45, 7) is 3.91. The summed E-state index contributed by atoms with van der Waals surface area (Å²) in [6, 6.07) is 9.19. The molecule has 7 heteroatoms. The summed E-state index contributed by atoms with van der Waals surface area (Å²) in [5.74, 6) is 0.431. The lowest BCUT2D eigenvalue weighted by Crippen LogP contribution is -2.16. The molecule has 7 nitrogen and oxygen atoms in total. The van der Waals surface area contributed by atoms with Gasteiger partial charge in [0, 0.05) is 31.7 Å². The van der Waals surface area contributed by atoms with Gasteiger partial charge in [0.05, 0.1) is 17.6 Å². The quantitative estimate of drug-likeness (QED) is 0.792. The molecule has 128 valence electrons. The number of carbonyl (C=O) groups excluding carboxylic acids is 1. The van der Waals surface area contributed by atoms with E-state index < -0.39 is 0 Å². The van der Waals surface area contributed by atoms with Gasteiger partial charge in [-0.25, -0.2) is 9.67 Å². The van der Waals surface area contributed by atoms with E-state index in [1.54, 1.807) is 29.2 Å². The van der Waals surface area contributed by atoms with E-state index in [0.717, 1.165) is 17.1 Å². The molecule has 0 aliphatic heterocycles. The van der Waals surface area contributed by atoms with Crippen LogP contribution in [0.5, 0.6) is 0 Å². The minimum absolute atomic E-state index is 0.274. The number of anilines is 2. The highest BCUT2D eigenvalue weighted by molar-refractivity contribution is 6.03. The van der Waals surface area contributed by atoms with Gasteiger partial charge >= 0.3 is 0 Å². The molecule has 0 saturated heterocycles. The highest BCUT2D eigenvalue weighted by Crippen LogP contribution is 2.15. The second-order valence-electron chi connectivity index (χ2n) is 5.99. The first-order valence-electron chi connectivity index (χ1n) is 7.88. The standard InChI is InChI=1S/C18H20N6O/c1-12-9-13(2)24(22-12)17-6-5-14(11-20-17)21-18(25)16-10-15(23(3)4)7-8-19-16/h5-11H,1-4H3,(H,21,25). The minimum Gasteiger partial charge on any atom is -0.378 e. The Kier molecular flexibility index (Phi) is 4.47. The van der Waals surface area contributed by atoms with Crippen LogP contribution in [-0.2, 0) is 0 Å². The normalized spacial score (nSPS) is 10.6. The van der Waals surface area contributed by atoms with Crippen LogP contribution < -0.4 is 10.2 Å². The van der Waals surface area contributed by atoms with Crippen molar-refractivity contribution in [3.63, 3.8) is 0 Å². The topological polar surface area (TPSA) is 75.9 Å². The number of hydrogen-bond acceptors (Lipinski definition) is 5. The highest BCUT2D eigenvalue weighted by Gasteiger charge is 2.10. The van der Waals surface area contributed by atoms with E-state index >= 15 is 0 Å². The van der Waals surface area contributed by atoms with Crippen LogP contribution in [0.15, 0.2) is 42.7 Å². The van der Waals surface area contributed by atoms with Crippen molar-refractivity contribution < 1.29 is 4.79 Å². The fourth-order valence-corrected chi connectivity index (χ4v) is 2.46. The Labute approximate surface area is 146 Å². The van der Waals surface area contributed by atoms with Crippen molar-refractivity contribution in [2.24, 2.45) is 0 Å². The van der Waals surface area contributed by atoms with Crippen molar-refractivity contribution in [3.8, 4) is 5.82 Å². The average Bonchev–Trinajstić information content (AvgIpc) is 2.94. The van der Waals surface area contributed by atoms with Crippen LogP contribution in [0.4, 0.5) is 11.4 Å². The second kappa shape index (κ2) is 6.72. The van der Waals surface area contributed by atoms with Crippen molar-refractivity contribution >= 4 is 17.3 Å². The van der Waals surface area contributed by atoms with Gasteiger partial charge in [0.2, 0.25) is 0 Å². The second-order valence-corrected chi connectivity index (χ2v) is 5.99.